The summed E-state index contributed by atoms with van der Waals surface area (Å²) in [4.78, 5) is 13.0. The summed E-state index contributed by atoms with van der Waals surface area (Å²) in [6.45, 7) is 1.69. The van der Waals surface area contributed by atoms with E-state index in [1.54, 1.807) is 20.0 Å². The molecule has 0 spiro atoms. The number of anilines is 1. The molecule has 0 aliphatic carbocycles. The van der Waals surface area contributed by atoms with E-state index in [1.807, 2.05) is 0 Å². The van der Waals surface area contributed by atoms with Gasteiger partial charge in [-0.05, 0) is 19.1 Å². The largest absolute Gasteiger partial charge is 0.508 e. The maximum Gasteiger partial charge on any atom is 0.267 e. The molecule has 0 aromatic heterocycles. The summed E-state index contributed by atoms with van der Waals surface area (Å²) < 4.78 is 5.34. The lowest BCUT2D eigenvalue weighted by Gasteiger charge is -2.30. The lowest BCUT2D eigenvalue weighted by molar-refractivity contribution is -0.125. The molecule has 0 radical (unpaired) electrons. The zero-order valence-electron chi connectivity index (χ0n) is 8.02. The van der Waals surface area contributed by atoms with Crippen LogP contribution in [0.1, 0.15) is 6.92 Å². The number of likely N-dealkylation sites (N-methyl/N-ethyl adjacent to an activating group) is 1. The number of carbonyl (C=O) groups excluding carboxylic acids is 1. The molecule has 1 unspecified atom stereocenters. The Hall–Kier alpha value is -1.71. The van der Waals surface area contributed by atoms with Gasteiger partial charge in [0.1, 0.15) is 11.5 Å². The summed E-state index contributed by atoms with van der Waals surface area (Å²) in [5.41, 5.74) is 0.686. The first-order valence-corrected chi connectivity index (χ1v) is 4.37. The number of phenolic OH excluding ortho intramolecular Hbond substituents is 1. The summed E-state index contributed by atoms with van der Waals surface area (Å²) >= 11 is 0. The molecule has 0 saturated carbocycles. The van der Waals surface area contributed by atoms with Crippen LogP contribution in [0.4, 0.5) is 5.69 Å². The van der Waals surface area contributed by atoms with E-state index < -0.39 is 6.10 Å². The van der Waals surface area contributed by atoms with E-state index in [-0.39, 0.29) is 11.7 Å². The number of aromatic hydroxyl groups is 1. The minimum absolute atomic E-state index is 0.0804. The van der Waals surface area contributed by atoms with Crippen molar-refractivity contribution in [3.8, 4) is 11.5 Å². The second kappa shape index (κ2) is 2.90. The third kappa shape index (κ3) is 1.19. The van der Waals surface area contributed by atoms with Crippen molar-refractivity contribution in [1.82, 2.24) is 0 Å². The first-order valence-electron chi connectivity index (χ1n) is 4.37. The Bertz CT molecular complexity index is 389. The number of amides is 1. The van der Waals surface area contributed by atoms with Gasteiger partial charge in [0.2, 0.25) is 0 Å². The number of nitrogens with zero attached hydrogens (tertiary/aromatic N) is 1. The molecular weight excluding hydrogens is 182 g/mol. The highest BCUT2D eigenvalue weighted by molar-refractivity contribution is 5.99. The second-order valence-corrected chi connectivity index (χ2v) is 3.31. The Morgan fingerprint density at radius 1 is 1.50 bits per heavy atom. The van der Waals surface area contributed by atoms with Crippen LogP contribution in [0.3, 0.4) is 0 Å². The van der Waals surface area contributed by atoms with Gasteiger partial charge in [-0.25, -0.2) is 0 Å². The second-order valence-electron chi connectivity index (χ2n) is 3.31. The van der Waals surface area contributed by atoms with Crippen LogP contribution >= 0.6 is 0 Å². The Balaban J connectivity index is 2.50. The molecule has 14 heavy (non-hydrogen) atoms. The van der Waals surface area contributed by atoms with E-state index in [2.05, 4.69) is 0 Å². The molecule has 2 rings (SSSR count). The average Bonchev–Trinajstić information content (AvgIpc) is 2.14. The SMILES string of the molecule is CC1Oc2cc(O)ccc2N(C)C1=O. The Morgan fingerprint density at radius 3 is 2.93 bits per heavy atom. The molecule has 0 bridgehead atoms. The molecule has 1 aromatic carbocycles. The maximum atomic E-state index is 11.5. The van der Waals surface area contributed by atoms with Crippen molar-refractivity contribution in [3.63, 3.8) is 0 Å². The van der Waals surface area contributed by atoms with Crippen LogP contribution < -0.4 is 9.64 Å². The number of carbonyl (C=O) groups is 1. The minimum atomic E-state index is -0.491. The van der Waals surface area contributed by atoms with Crippen molar-refractivity contribution in [2.45, 2.75) is 13.0 Å². The summed E-state index contributed by atoms with van der Waals surface area (Å²) in [5.74, 6) is 0.599. The minimum Gasteiger partial charge on any atom is -0.508 e. The predicted octanol–water partition coefficient (Wildman–Crippen LogP) is 1.14. The number of phenols is 1. The van der Waals surface area contributed by atoms with Gasteiger partial charge in [-0.2, -0.15) is 0 Å². The molecule has 4 heteroatoms. The highest BCUT2D eigenvalue weighted by Gasteiger charge is 2.28. The topological polar surface area (TPSA) is 49.8 Å². The van der Waals surface area contributed by atoms with Crippen LogP contribution in [-0.4, -0.2) is 24.2 Å². The third-order valence-electron chi connectivity index (χ3n) is 2.29. The molecule has 1 heterocycles. The first-order chi connectivity index (χ1) is 6.59. The van der Waals surface area contributed by atoms with Crippen LogP contribution in [-0.2, 0) is 4.79 Å². The van der Waals surface area contributed by atoms with E-state index in [4.69, 9.17) is 4.74 Å². The normalized spacial score (nSPS) is 20.3. The van der Waals surface area contributed by atoms with Crippen LogP contribution in [0.15, 0.2) is 18.2 Å². The molecule has 1 amide bonds. The van der Waals surface area contributed by atoms with E-state index in [0.717, 1.165) is 0 Å². The van der Waals surface area contributed by atoms with E-state index in [9.17, 15) is 9.90 Å². The molecule has 1 aliphatic rings. The Morgan fingerprint density at radius 2 is 2.21 bits per heavy atom. The molecule has 1 N–H and O–H groups in total. The summed E-state index contributed by atoms with van der Waals surface area (Å²) in [6, 6.07) is 4.70. The number of ether oxygens (including phenoxy) is 1. The molecule has 0 saturated heterocycles. The fourth-order valence-corrected chi connectivity index (χ4v) is 1.51. The number of benzene rings is 1. The van der Waals surface area contributed by atoms with Gasteiger partial charge >= 0.3 is 0 Å². The highest BCUT2D eigenvalue weighted by Crippen LogP contribution is 2.35. The third-order valence-corrected chi connectivity index (χ3v) is 2.29. The van der Waals surface area contributed by atoms with Crippen molar-refractivity contribution < 1.29 is 14.6 Å². The quantitative estimate of drug-likeness (QED) is 0.672. The highest BCUT2D eigenvalue weighted by atomic mass is 16.5. The lowest BCUT2D eigenvalue weighted by atomic mass is 10.2. The molecule has 0 fully saturated rings. The first kappa shape index (κ1) is 8.87. The lowest BCUT2D eigenvalue weighted by Crippen LogP contribution is -2.41. The number of fused-ring (bicyclic) bond motifs is 1. The fourth-order valence-electron chi connectivity index (χ4n) is 1.51. The van der Waals surface area contributed by atoms with Crippen molar-refractivity contribution in [2.24, 2.45) is 0 Å². The van der Waals surface area contributed by atoms with Gasteiger partial charge in [-0.3, -0.25) is 4.79 Å². The fraction of sp³-hybridized carbons (Fsp3) is 0.300. The van der Waals surface area contributed by atoms with E-state index >= 15 is 0 Å². The smallest absolute Gasteiger partial charge is 0.267 e. The number of rotatable bonds is 0. The molecule has 1 atom stereocenters. The molecule has 1 aromatic rings. The van der Waals surface area contributed by atoms with E-state index in [0.29, 0.717) is 11.4 Å². The van der Waals surface area contributed by atoms with Crippen molar-refractivity contribution in [3.05, 3.63) is 18.2 Å². The average molecular weight is 193 g/mol. The molecule has 74 valence electrons. The number of hydrogen-bond donors (Lipinski definition) is 1. The van der Waals surface area contributed by atoms with Gasteiger partial charge in [0, 0.05) is 13.1 Å². The Labute approximate surface area is 81.7 Å². The van der Waals surface area contributed by atoms with Crippen molar-refractivity contribution in [1.29, 1.82) is 0 Å². The standard InChI is InChI=1S/C10H11NO3/c1-6-10(13)11(2)8-4-3-7(12)5-9(8)14-6/h3-6,12H,1-2H3. The zero-order valence-corrected chi connectivity index (χ0v) is 8.02. The van der Waals surface area contributed by atoms with E-state index in [1.165, 1.54) is 17.0 Å². The molecule has 4 nitrogen and oxygen atoms in total. The molecular formula is C10H11NO3. The van der Waals surface area contributed by atoms with Crippen molar-refractivity contribution >= 4 is 11.6 Å². The molecule has 1 aliphatic heterocycles. The van der Waals surface area contributed by atoms with Gasteiger partial charge in [-0.1, -0.05) is 0 Å². The van der Waals surface area contributed by atoms with Gasteiger partial charge in [0.15, 0.2) is 6.10 Å². The van der Waals surface area contributed by atoms with Gasteiger partial charge < -0.3 is 14.7 Å². The van der Waals surface area contributed by atoms with Crippen molar-refractivity contribution in [2.75, 3.05) is 11.9 Å². The monoisotopic (exact) mass is 193 g/mol. The number of hydrogen-bond acceptors (Lipinski definition) is 3. The summed E-state index contributed by atoms with van der Waals surface area (Å²) in [6.07, 6.45) is -0.491. The predicted molar refractivity (Wildman–Crippen MR) is 51.6 cm³/mol. The zero-order chi connectivity index (χ0) is 10.3. The van der Waals surface area contributed by atoms with Crippen LogP contribution in [0.2, 0.25) is 0 Å². The van der Waals surface area contributed by atoms with Crippen LogP contribution in [0, 0.1) is 0 Å². The van der Waals surface area contributed by atoms with Crippen LogP contribution in [0.5, 0.6) is 11.5 Å². The van der Waals surface area contributed by atoms with Gasteiger partial charge in [0.25, 0.3) is 5.91 Å². The maximum absolute atomic E-state index is 11.5. The van der Waals surface area contributed by atoms with Gasteiger partial charge in [0.05, 0.1) is 5.69 Å². The Kier molecular flexibility index (Phi) is 1.84. The van der Waals surface area contributed by atoms with Crippen LogP contribution in [0.25, 0.3) is 0 Å². The van der Waals surface area contributed by atoms with Gasteiger partial charge in [-0.15, -0.1) is 0 Å². The summed E-state index contributed by atoms with van der Waals surface area (Å²) in [5, 5.41) is 9.24. The summed E-state index contributed by atoms with van der Waals surface area (Å²) in [7, 11) is 1.69.